The topological polar surface area (TPSA) is 23.6 Å². The summed E-state index contributed by atoms with van der Waals surface area (Å²) in [5.41, 5.74) is 1.37. The van der Waals surface area contributed by atoms with Gasteiger partial charge < -0.3 is 4.90 Å². The van der Waals surface area contributed by atoms with Gasteiger partial charge in [-0.3, -0.25) is 9.69 Å². The second-order valence-electron chi connectivity index (χ2n) is 6.29. The summed E-state index contributed by atoms with van der Waals surface area (Å²) in [7, 11) is 0. The van der Waals surface area contributed by atoms with Crippen LogP contribution in [0.4, 0.5) is 0 Å². The second-order valence-corrected chi connectivity index (χ2v) is 7.07. The van der Waals surface area contributed by atoms with Crippen LogP contribution in [0.3, 0.4) is 0 Å². The standard InChI is InChI=1S/C17H24N2OS/c1-2-8-19-10-4-7-17(19)6-3-9-18(14-17)16(20)12-15-5-11-21-13-15/h2,5,11,13H,1,3-4,6-10,12,14H2. The van der Waals surface area contributed by atoms with E-state index >= 15 is 0 Å². The Morgan fingerprint density at radius 1 is 1.38 bits per heavy atom. The molecule has 3 rings (SSSR count). The van der Waals surface area contributed by atoms with Crippen LogP contribution in [0.25, 0.3) is 0 Å². The molecule has 0 N–H and O–H groups in total. The Labute approximate surface area is 131 Å². The second kappa shape index (κ2) is 6.32. The molecule has 4 heteroatoms. The van der Waals surface area contributed by atoms with Crippen molar-refractivity contribution in [3.05, 3.63) is 35.0 Å². The third-order valence-corrected chi connectivity index (χ3v) is 5.67. The molecule has 1 atom stereocenters. The molecule has 1 aromatic heterocycles. The van der Waals surface area contributed by atoms with Gasteiger partial charge in [0.05, 0.1) is 6.42 Å². The van der Waals surface area contributed by atoms with Crippen molar-refractivity contribution in [2.24, 2.45) is 0 Å². The lowest BCUT2D eigenvalue weighted by Gasteiger charge is -2.46. The van der Waals surface area contributed by atoms with E-state index in [0.29, 0.717) is 6.42 Å². The Morgan fingerprint density at radius 3 is 2.90 bits per heavy atom. The maximum absolute atomic E-state index is 12.6. The molecule has 3 heterocycles. The van der Waals surface area contributed by atoms with Gasteiger partial charge in [-0.15, -0.1) is 6.58 Å². The van der Waals surface area contributed by atoms with Crippen molar-refractivity contribution >= 4 is 17.2 Å². The highest BCUT2D eigenvalue weighted by Gasteiger charge is 2.44. The maximum Gasteiger partial charge on any atom is 0.227 e. The van der Waals surface area contributed by atoms with Crippen molar-refractivity contribution in [3.8, 4) is 0 Å². The van der Waals surface area contributed by atoms with E-state index in [0.717, 1.165) is 38.2 Å². The van der Waals surface area contributed by atoms with Crippen molar-refractivity contribution in [2.75, 3.05) is 26.2 Å². The van der Waals surface area contributed by atoms with Crippen molar-refractivity contribution in [1.29, 1.82) is 0 Å². The summed E-state index contributed by atoms with van der Waals surface area (Å²) in [4.78, 5) is 17.2. The van der Waals surface area contributed by atoms with Gasteiger partial charge >= 0.3 is 0 Å². The van der Waals surface area contributed by atoms with Crippen LogP contribution < -0.4 is 0 Å². The first-order valence-corrected chi connectivity index (χ1v) is 8.83. The molecule has 3 nitrogen and oxygen atoms in total. The molecule has 1 unspecified atom stereocenters. The van der Waals surface area contributed by atoms with Gasteiger partial charge in [-0.25, -0.2) is 0 Å². The maximum atomic E-state index is 12.6. The summed E-state index contributed by atoms with van der Waals surface area (Å²) in [5, 5.41) is 4.13. The Kier molecular flexibility index (Phi) is 4.45. The fourth-order valence-electron chi connectivity index (χ4n) is 3.90. The van der Waals surface area contributed by atoms with Crippen LogP contribution in [-0.2, 0) is 11.2 Å². The lowest BCUT2D eigenvalue weighted by molar-refractivity contribution is -0.134. The molecule has 2 aliphatic rings. The Morgan fingerprint density at radius 2 is 2.19 bits per heavy atom. The number of hydrogen-bond donors (Lipinski definition) is 0. The number of rotatable bonds is 4. The lowest BCUT2D eigenvalue weighted by Crippen LogP contribution is -2.57. The highest BCUT2D eigenvalue weighted by Crippen LogP contribution is 2.37. The van der Waals surface area contributed by atoms with E-state index in [-0.39, 0.29) is 11.4 Å². The molecule has 2 fully saturated rings. The minimum absolute atomic E-state index is 0.219. The van der Waals surface area contributed by atoms with E-state index in [4.69, 9.17) is 0 Å². The van der Waals surface area contributed by atoms with Crippen LogP contribution in [0, 0.1) is 0 Å². The third kappa shape index (κ3) is 3.06. The van der Waals surface area contributed by atoms with Gasteiger partial charge in [-0.1, -0.05) is 6.08 Å². The number of thiophene rings is 1. The van der Waals surface area contributed by atoms with Crippen LogP contribution >= 0.6 is 11.3 Å². The predicted molar refractivity (Wildman–Crippen MR) is 87.6 cm³/mol. The van der Waals surface area contributed by atoms with E-state index in [9.17, 15) is 4.79 Å². The summed E-state index contributed by atoms with van der Waals surface area (Å²) >= 11 is 1.66. The number of carbonyl (C=O) groups is 1. The van der Waals surface area contributed by atoms with E-state index in [1.54, 1.807) is 11.3 Å². The third-order valence-electron chi connectivity index (χ3n) is 4.93. The molecular weight excluding hydrogens is 280 g/mol. The number of likely N-dealkylation sites (tertiary alicyclic amines) is 2. The molecule has 0 bridgehead atoms. The summed E-state index contributed by atoms with van der Waals surface area (Å²) in [6.45, 7) is 7.82. The van der Waals surface area contributed by atoms with Gasteiger partial charge in [0, 0.05) is 25.2 Å². The SMILES string of the molecule is C=CCN1CCCC12CCCN(C(=O)Cc1ccsc1)C2. The Hall–Kier alpha value is -1.13. The zero-order chi connectivity index (χ0) is 14.7. The molecule has 21 heavy (non-hydrogen) atoms. The van der Waals surface area contributed by atoms with E-state index < -0.39 is 0 Å². The average molecular weight is 304 g/mol. The van der Waals surface area contributed by atoms with Gasteiger partial charge in [0.15, 0.2) is 0 Å². The first-order valence-electron chi connectivity index (χ1n) is 7.88. The van der Waals surface area contributed by atoms with Crippen LogP contribution in [-0.4, -0.2) is 47.4 Å². The fraction of sp³-hybridized carbons (Fsp3) is 0.588. The van der Waals surface area contributed by atoms with E-state index in [2.05, 4.69) is 27.8 Å². The van der Waals surface area contributed by atoms with Crippen molar-refractivity contribution in [1.82, 2.24) is 9.80 Å². The molecule has 0 radical (unpaired) electrons. The molecule has 2 aliphatic heterocycles. The van der Waals surface area contributed by atoms with E-state index in [1.165, 1.54) is 19.3 Å². The fourth-order valence-corrected chi connectivity index (χ4v) is 4.57. The number of carbonyl (C=O) groups excluding carboxylic acids is 1. The highest BCUT2D eigenvalue weighted by molar-refractivity contribution is 7.07. The molecule has 1 amide bonds. The summed E-state index contributed by atoms with van der Waals surface area (Å²) in [6.07, 6.45) is 7.38. The predicted octanol–water partition coefficient (Wildman–Crippen LogP) is 2.93. The van der Waals surface area contributed by atoms with Crippen LogP contribution in [0.1, 0.15) is 31.2 Å². The van der Waals surface area contributed by atoms with Gasteiger partial charge in [0.1, 0.15) is 0 Å². The van der Waals surface area contributed by atoms with E-state index in [1.807, 2.05) is 11.5 Å². The summed E-state index contributed by atoms with van der Waals surface area (Å²) in [6, 6.07) is 2.06. The van der Waals surface area contributed by atoms with Crippen LogP contribution in [0.2, 0.25) is 0 Å². The monoisotopic (exact) mass is 304 g/mol. The van der Waals surface area contributed by atoms with Gasteiger partial charge in [-0.05, 0) is 54.6 Å². The molecular formula is C17H24N2OS. The molecule has 0 aliphatic carbocycles. The molecule has 1 aromatic rings. The van der Waals surface area contributed by atoms with Gasteiger partial charge in [0.25, 0.3) is 0 Å². The quantitative estimate of drug-likeness (QED) is 0.799. The Bertz CT molecular complexity index is 499. The number of nitrogens with zero attached hydrogens (tertiary/aromatic N) is 2. The first-order chi connectivity index (χ1) is 10.2. The average Bonchev–Trinajstić information content (AvgIpc) is 3.11. The Balaban J connectivity index is 1.67. The number of piperidine rings is 1. The minimum atomic E-state index is 0.219. The zero-order valence-corrected chi connectivity index (χ0v) is 13.4. The largest absolute Gasteiger partial charge is 0.341 e. The minimum Gasteiger partial charge on any atom is -0.341 e. The lowest BCUT2D eigenvalue weighted by atomic mass is 9.86. The molecule has 0 aromatic carbocycles. The zero-order valence-electron chi connectivity index (χ0n) is 12.6. The molecule has 114 valence electrons. The van der Waals surface area contributed by atoms with Crippen molar-refractivity contribution in [3.63, 3.8) is 0 Å². The normalized spacial score (nSPS) is 26.4. The highest BCUT2D eigenvalue weighted by atomic mass is 32.1. The van der Waals surface area contributed by atoms with Crippen molar-refractivity contribution < 1.29 is 4.79 Å². The smallest absolute Gasteiger partial charge is 0.227 e. The summed E-state index contributed by atoms with van der Waals surface area (Å²) in [5.74, 6) is 0.290. The van der Waals surface area contributed by atoms with Crippen molar-refractivity contribution in [2.45, 2.75) is 37.6 Å². The van der Waals surface area contributed by atoms with Gasteiger partial charge in [-0.2, -0.15) is 11.3 Å². The summed E-state index contributed by atoms with van der Waals surface area (Å²) < 4.78 is 0. The number of amides is 1. The molecule has 2 saturated heterocycles. The van der Waals surface area contributed by atoms with Crippen LogP contribution in [0.15, 0.2) is 29.5 Å². The first kappa shape index (κ1) is 14.8. The van der Waals surface area contributed by atoms with Crippen LogP contribution in [0.5, 0.6) is 0 Å². The molecule has 1 spiro atoms. The van der Waals surface area contributed by atoms with Gasteiger partial charge in [0.2, 0.25) is 5.91 Å². The molecule has 0 saturated carbocycles. The number of hydrogen-bond acceptors (Lipinski definition) is 3.